The summed E-state index contributed by atoms with van der Waals surface area (Å²) in [6, 6.07) is 8.23. The maximum atomic E-state index is 12.7. The molecule has 0 spiro atoms. The number of ether oxygens (including phenoxy) is 2. The highest BCUT2D eigenvalue weighted by atomic mass is 16.5. The molecule has 0 saturated heterocycles. The molecule has 0 amide bonds. The Balaban J connectivity index is 1.72. The van der Waals surface area contributed by atoms with Crippen LogP contribution in [0.2, 0.25) is 0 Å². The minimum atomic E-state index is -0.125. The molecule has 3 rings (SSSR count). The molecule has 0 bridgehead atoms. The van der Waals surface area contributed by atoms with Crippen molar-refractivity contribution < 1.29 is 14.3 Å². The van der Waals surface area contributed by atoms with Crippen molar-refractivity contribution in [3.05, 3.63) is 29.8 Å². The number of hydrogen-bond donors (Lipinski definition) is 0. The van der Waals surface area contributed by atoms with Gasteiger partial charge in [0.05, 0.1) is 18.8 Å². The predicted molar refractivity (Wildman–Crippen MR) is 105 cm³/mol. The van der Waals surface area contributed by atoms with Crippen molar-refractivity contribution in [1.82, 2.24) is 0 Å². The molecule has 0 radical (unpaired) electrons. The zero-order chi connectivity index (χ0) is 18.9. The number of Topliss-reactive ketones (excluding diaryl/α,β-unsaturated/α-hetero) is 1. The number of methoxy groups -OCH3 is 1. The third kappa shape index (κ3) is 3.98. The van der Waals surface area contributed by atoms with Crippen molar-refractivity contribution >= 4 is 5.78 Å². The Kier molecular flexibility index (Phi) is 5.48. The highest BCUT2D eigenvalue weighted by molar-refractivity contribution is 5.82. The minimum Gasteiger partial charge on any atom is -0.497 e. The van der Waals surface area contributed by atoms with E-state index < -0.39 is 0 Å². The van der Waals surface area contributed by atoms with Crippen LogP contribution >= 0.6 is 0 Å². The van der Waals surface area contributed by atoms with Crippen LogP contribution in [0.5, 0.6) is 5.75 Å². The van der Waals surface area contributed by atoms with E-state index in [9.17, 15) is 4.79 Å². The molecule has 1 aromatic carbocycles. The van der Waals surface area contributed by atoms with Crippen molar-refractivity contribution in [3.63, 3.8) is 0 Å². The Morgan fingerprint density at radius 1 is 1.23 bits per heavy atom. The van der Waals surface area contributed by atoms with Crippen LogP contribution < -0.4 is 4.74 Å². The average Bonchev–Trinajstić information content (AvgIpc) is 2.90. The fourth-order valence-corrected chi connectivity index (χ4v) is 5.17. The van der Waals surface area contributed by atoms with Gasteiger partial charge in [0, 0.05) is 12.3 Å². The summed E-state index contributed by atoms with van der Waals surface area (Å²) in [7, 11) is 1.70. The maximum absolute atomic E-state index is 12.7. The molecule has 0 unspecified atom stereocenters. The summed E-state index contributed by atoms with van der Waals surface area (Å²) in [5.74, 6) is 1.99. The van der Waals surface area contributed by atoms with Gasteiger partial charge in [-0.3, -0.25) is 4.79 Å². The van der Waals surface area contributed by atoms with E-state index in [-0.39, 0.29) is 23.0 Å². The zero-order valence-electron chi connectivity index (χ0n) is 17.0. The van der Waals surface area contributed by atoms with Gasteiger partial charge in [0.15, 0.2) is 0 Å². The van der Waals surface area contributed by atoms with Gasteiger partial charge in [-0.2, -0.15) is 0 Å². The molecular formula is C23H34O3. The first-order chi connectivity index (χ1) is 12.2. The Bertz CT molecular complexity index is 645. The predicted octanol–water partition coefficient (Wildman–Crippen LogP) is 5.21. The number of ketones is 1. The van der Waals surface area contributed by atoms with Crippen LogP contribution in [0.3, 0.4) is 0 Å². The second-order valence-electron chi connectivity index (χ2n) is 9.37. The number of fused-ring (bicyclic) bond motifs is 1. The van der Waals surface area contributed by atoms with E-state index in [0.717, 1.165) is 37.9 Å². The van der Waals surface area contributed by atoms with E-state index in [4.69, 9.17) is 9.47 Å². The van der Waals surface area contributed by atoms with E-state index in [1.807, 2.05) is 12.1 Å². The van der Waals surface area contributed by atoms with Crippen LogP contribution in [0, 0.1) is 17.3 Å². The molecule has 0 heterocycles. The van der Waals surface area contributed by atoms with Crippen LogP contribution in [0.1, 0.15) is 65.4 Å². The molecule has 0 aromatic heterocycles. The molecule has 3 nitrogen and oxygen atoms in total. The lowest BCUT2D eigenvalue weighted by Gasteiger charge is -2.45. The fraction of sp³-hybridized carbons (Fsp3) is 0.696. The normalized spacial score (nSPS) is 31.7. The van der Waals surface area contributed by atoms with Crippen LogP contribution in [0.15, 0.2) is 24.3 Å². The number of rotatable bonds is 5. The van der Waals surface area contributed by atoms with E-state index in [0.29, 0.717) is 18.1 Å². The van der Waals surface area contributed by atoms with Crippen LogP contribution in [0.4, 0.5) is 0 Å². The molecule has 0 aliphatic heterocycles. The van der Waals surface area contributed by atoms with Crippen LogP contribution in [-0.2, 0) is 16.0 Å². The van der Waals surface area contributed by atoms with Gasteiger partial charge >= 0.3 is 0 Å². The van der Waals surface area contributed by atoms with Crippen molar-refractivity contribution in [2.45, 2.75) is 77.9 Å². The van der Waals surface area contributed by atoms with Crippen molar-refractivity contribution in [2.75, 3.05) is 7.11 Å². The lowest BCUT2D eigenvalue weighted by Crippen LogP contribution is -2.46. The van der Waals surface area contributed by atoms with Gasteiger partial charge in [0.1, 0.15) is 11.5 Å². The summed E-state index contributed by atoms with van der Waals surface area (Å²) in [6.45, 7) is 8.78. The van der Waals surface area contributed by atoms with E-state index in [1.165, 1.54) is 5.56 Å². The topological polar surface area (TPSA) is 35.5 Å². The van der Waals surface area contributed by atoms with Gasteiger partial charge in [-0.05, 0) is 81.9 Å². The standard InChI is InChI=1S/C23H34O3/c1-22(2,3)26-21-12-11-19-18(20(24)13-14-23(19,21)4)10-9-16-7-6-8-17(15-16)25-5/h6-8,15,18-19,21H,9-14H2,1-5H3/t18-,19+,21+,23+/m0/s1. The van der Waals surface area contributed by atoms with Crippen molar-refractivity contribution in [3.8, 4) is 5.75 Å². The monoisotopic (exact) mass is 358 g/mol. The van der Waals surface area contributed by atoms with Crippen molar-refractivity contribution in [2.24, 2.45) is 17.3 Å². The summed E-state index contributed by atoms with van der Waals surface area (Å²) in [4.78, 5) is 12.7. The zero-order valence-corrected chi connectivity index (χ0v) is 17.0. The number of benzene rings is 1. The first kappa shape index (κ1) is 19.4. The first-order valence-corrected chi connectivity index (χ1v) is 10.1. The largest absolute Gasteiger partial charge is 0.497 e. The Morgan fingerprint density at radius 3 is 2.69 bits per heavy atom. The Hall–Kier alpha value is -1.35. The molecule has 4 atom stereocenters. The second kappa shape index (κ2) is 7.34. The van der Waals surface area contributed by atoms with Crippen molar-refractivity contribution in [1.29, 1.82) is 0 Å². The first-order valence-electron chi connectivity index (χ1n) is 10.1. The molecule has 2 fully saturated rings. The van der Waals surface area contributed by atoms with Gasteiger partial charge in [0.25, 0.3) is 0 Å². The Morgan fingerprint density at radius 2 is 2.00 bits per heavy atom. The van der Waals surface area contributed by atoms with E-state index in [1.54, 1.807) is 7.11 Å². The molecule has 2 aliphatic rings. The molecule has 1 aromatic rings. The fourth-order valence-electron chi connectivity index (χ4n) is 5.17. The van der Waals surface area contributed by atoms with Gasteiger partial charge < -0.3 is 9.47 Å². The van der Waals surface area contributed by atoms with Gasteiger partial charge in [-0.25, -0.2) is 0 Å². The SMILES string of the molecule is COc1cccc(CC[C@@H]2C(=O)CC[C@]3(C)[C@@H]2CC[C@H]3OC(C)(C)C)c1. The van der Waals surface area contributed by atoms with Gasteiger partial charge in [-0.1, -0.05) is 19.1 Å². The van der Waals surface area contributed by atoms with Crippen LogP contribution in [0.25, 0.3) is 0 Å². The third-order valence-electron chi connectivity index (χ3n) is 6.51. The molecular weight excluding hydrogens is 324 g/mol. The highest BCUT2D eigenvalue weighted by Crippen LogP contribution is 2.56. The third-order valence-corrected chi connectivity index (χ3v) is 6.51. The lowest BCUT2D eigenvalue weighted by molar-refractivity contribution is -0.143. The number of carbonyl (C=O) groups excluding carboxylic acids is 1. The smallest absolute Gasteiger partial charge is 0.136 e. The minimum absolute atomic E-state index is 0.125. The average molecular weight is 359 g/mol. The molecule has 144 valence electrons. The quantitative estimate of drug-likeness (QED) is 0.725. The molecule has 26 heavy (non-hydrogen) atoms. The molecule has 0 N–H and O–H groups in total. The number of hydrogen-bond acceptors (Lipinski definition) is 3. The van der Waals surface area contributed by atoms with Crippen LogP contribution in [-0.4, -0.2) is 24.6 Å². The summed E-state index contributed by atoms with van der Waals surface area (Å²) in [6.07, 6.45) is 6.04. The summed E-state index contributed by atoms with van der Waals surface area (Å²) < 4.78 is 11.8. The highest BCUT2D eigenvalue weighted by Gasteiger charge is 2.54. The molecule has 3 heteroatoms. The second-order valence-corrected chi connectivity index (χ2v) is 9.37. The van der Waals surface area contributed by atoms with E-state index in [2.05, 4.69) is 39.8 Å². The lowest BCUT2D eigenvalue weighted by atomic mass is 9.62. The number of carbonyl (C=O) groups is 1. The summed E-state index contributed by atoms with van der Waals surface area (Å²) in [5, 5.41) is 0. The Labute approximate surface area is 158 Å². The van der Waals surface area contributed by atoms with E-state index >= 15 is 0 Å². The summed E-state index contributed by atoms with van der Waals surface area (Å²) >= 11 is 0. The van der Waals surface area contributed by atoms with Gasteiger partial charge in [-0.15, -0.1) is 0 Å². The van der Waals surface area contributed by atoms with Gasteiger partial charge in [0.2, 0.25) is 0 Å². The molecule has 2 aliphatic carbocycles. The molecule has 2 saturated carbocycles. The maximum Gasteiger partial charge on any atom is 0.136 e. The summed E-state index contributed by atoms with van der Waals surface area (Å²) in [5.41, 5.74) is 1.27. The number of aryl methyl sites for hydroxylation is 1.